The van der Waals surface area contributed by atoms with Crippen molar-refractivity contribution >= 4 is 61.1 Å². The van der Waals surface area contributed by atoms with Gasteiger partial charge in [-0.05, 0) is 115 Å². The summed E-state index contributed by atoms with van der Waals surface area (Å²) in [5, 5.41) is 7.10. The minimum atomic E-state index is -0.193. The van der Waals surface area contributed by atoms with Crippen molar-refractivity contribution in [3.8, 4) is 0 Å². The third-order valence-corrected chi connectivity index (χ3v) is 10.7. The molecule has 0 saturated heterocycles. The van der Waals surface area contributed by atoms with E-state index < -0.39 is 0 Å². The van der Waals surface area contributed by atoms with Crippen molar-refractivity contribution < 1.29 is 4.42 Å². The maximum Gasteiger partial charge on any atom is 0.136 e. The van der Waals surface area contributed by atoms with Gasteiger partial charge in [-0.3, -0.25) is 0 Å². The zero-order valence-corrected chi connectivity index (χ0v) is 28.5. The van der Waals surface area contributed by atoms with E-state index in [1.54, 1.807) is 0 Å². The van der Waals surface area contributed by atoms with Crippen LogP contribution in [0.1, 0.15) is 54.5 Å². The van der Waals surface area contributed by atoms with Gasteiger partial charge in [0, 0.05) is 16.2 Å². The van der Waals surface area contributed by atoms with Crippen LogP contribution in [-0.4, -0.2) is 0 Å². The summed E-state index contributed by atoms with van der Waals surface area (Å²) in [6, 6.07) is 46.0. The first-order valence-electron chi connectivity index (χ1n) is 17.6. The van der Waals surface area contributed by atoms with Gasteiger partial charge < -0.3 is 4.42 Å². The molecular formula is C49H38O. The molecule has 2 aliphatic rings. The second-order valence-electron chi connectivity index (χ2n) is 14.1. The second kappa shape index (κ2) is 11.9. The molecule has 240 valence electrons. The van der Waals surface area contributed by atoms with Crippen molar-refractivity contribution in [3.63, 3.8) is 0 Å². The molecule has 1 heteroatoms. The van der Waals surface area contributed by atoms with E-state index in [4.69, 9.17) is 11.0 Å². The van der Waals surface area contributed by atoms with E-state index in [2.05, 4.69) is 166 Å². The molecular weight excluding hydrogens is 605 g/mol. The first kappa shape index (κ1) is 30.2. The van der Waals surface area contributed by atoms with Crippen molar-refractivity contribution in [2.24, 2.45) is 0 Å². The highest BCUT2D eigenvalue weighted by Crippen LogP contribution is 2.49. The van der Waals surface area contributed by atoms with Crippen molar-refractivity contribution in [1.29, 1.82) is 0 Å². The Morgan fingerprint density at radius 2 is 1.36 bits per heavy atom. The third-order valence-electron chi connectivity index (χ3n) is 10.7. The molecule has 7 aromatic rings. The highest BCUT2D eigenvalue weighted by molar-refractivity contribution is 6.12. The summed E-state index contributed by atoms with van der Waals surface area (Å²) in [4.78, 5) is 0. The molecule has 0 fully saturated rings. The van der Waals surface area contributed by atoms with Gasteiger partial charge >= 0.3 is 0 Å². The lowest BCUT2D eigenvalue weighted by Gasteiger charge is -2.27. The Morgan fingerprint density at radius 3 is 2.22 bits per heavy atom. The second-order valence-corrected chi connectivity index (χ2v) is 14.1. The first-order valence-corrected chi connectivity index (χ1v) is 17.6. The molecule has 0 atom stereocenters. The number of allylic oxidation sites excluding steroid dienone is 6. The summed E-state index contributed by atoms with van der Waals surface area (Å²) in [7, 11) is 0. The average molecular weight is 643 g/mol. The van der Waals surface area contributed by atoms with Gasteiger partial charge in [0.25, 0.3) is 0 Å². The number of rotatable bonds is 4. The van der Waals surface area contributed by atoms with E-state index in [9.17, 15) is 0 Å². The van der Waals surface area contributed by atoms with Crippen molar-refractivity contribution in [2.45, 2.75) is 32.1 Å². The SMILES string of the molecule is C=C(C1=c2cccc/c2=C(c2ccc3ccccc3c2)/C=C/CCC=C1)c1cc2c(cc1C1=Cc3ccccc3C1(C)C)oc1ccccc12. The van der Waals surface area contributed by atoms with Crippen LogP contribution in [0.3, 0.4) is 0 Å². The molecule has 9 rings (SSSR count). The summed E-state index contributed by atoms with van der Waals surface area (Å²) < 4.78 is 6.51. The number of para-hydroxylation sites is 1. The van der Waals surface area contributed by atoms with Gasteiger partial charge in [-0.1, -0.05) is 148 Å². The number of hydrogen-bond acceptors (Lipinski definition) is 1. The molecule has 1 aromatic heterocycles. The summed E-state index contributed by atoms with van der Waals surface area (Å²) in [5.41, 5.74) is 12.4. The Balaban J connectivity index is 1.34. The van der Waals surface area contributed by atoms with Gasteiger partial charge in [-0.2, -0.15) is 0 Å². The molecule has 2 aliphatic carbocycles. The molecule has 0 saturated carbocycles. The zero-order valence-electron chi connectivity index (χ0n) is 28.5. The van der Waals surface area contributed by atoms with Crippen LogP contribution in [0.5, 0.6) is 0 Å². The lowest BCUT2D eigenvalue weighted by Crippen LogP contribution is -2.29. The molecule has 0 radical (unpaired) electrons. The number of fused-ring (bicyclic) bond motifs is 6. The van der Waals surface area contributed by atoms with E-state index in [-0.39, 0.29) is 5.41 Å². The molecule has 0 amide bonds. The van der Waals surface area contributed by atoms with E-state index in [1.807, 2.05) is 6.07 Å². The van der Waals surface area contributed by atoms with Crippen LogP contribution in [0.25, 0.3) is 61.1 Å². The lowest BCUT2D eigenvalue weighted by molar-refractivity contribution is 0.668. The van der Waals surface area contributed by atoms with E-state index in [0.29, 0.717) is 0 Å². The Hall–Kier alpha value is -5.92. The average Bonchev–Trinajstić information content (AvgIpc) is 3.65. The van der Waals surface area contributed by atoms with Crippen LogP contribution in [0.2, 0.25) is 0 Å². The Labute approximate surface area is 293 Å². The van der Waals surface area contributed by atoms with Crippen LogP contribution in [0.15, 0.2) is 163 Å². The topological polar surface area (TPSA) is 13.1 Å². The van der Waals surface area contributed by atoms with Gasteiger partial charge in [-0.25, -0.2) is 0 Å². The predicted octanol–water partition coefficient (Wildman–Crippen LogP) is 11.5. The molecule has 1 nitrogen and oxygen atoms in total. The fourth-order valence-corrected chi connectivity index (χ4v) is 8.08. The minimum Gasteiger partial charge on any atom is -0.456 e. The van der Waals surface area contributed by atoms with Crippen LogP contribution in [0, 0.1) is 0 Å². The molecule has 50 heavy (non-hydrogen) atoms. The van der Waals surface area contributed by atoms with E-state index in [1.165, 1.54) is 49.0 Å². The fraction of sp³-hybridized carbons (Fsp3) is 0.102. The van der Waals surface area contributed by atoms with Gasteiger partial charge in [0.2, 0.25) is 0 Å². The van der Waals surface area contributed by atoms with Gasteiger partial charge in [0.15, 0.2) is 0 Å². The smallest absolute Gasteiger partial charge is 0.136 e. The first-order chi connectivity index (χ1) is 24.5. The number of hydrogen-bond donors (Lipinski definition) is 0. The molecule has 0 spiro atoms. The van der Waals surface area contributed by atoms with E-state index in [0.717, 1.165) is 57.1 Å². The molecule has 0 N–H and O–H groups in total. The maximum absolute atomic E-state index is 6.51. The maximum atomic E-state index is 6.51. The van der Waals surface area contributed by atoms with Crippen molar-refractivity contribution in [1.82, 2.24) is 0 Å². The normalized spacial score (nSPS) is 17.1. The van der Waals surface area contributed by atoms with Gasteiger partial charge in [-0.15, -0.1) is 0 Å². The quantitative estimate of drug-likeness (QED) is 0.186. The Morgan fingerprint density at radius 1 is 0.640 bits per heavy atom. The standard InChI is InChI=1S/C49H38O/c1-32(37-19-6-4-5-7-20-38(40-22-12-11-21-39(37)40)35-27-26-33-16-8-9-17-34(33)28-35)42-30-44-41-23-13-15-25-47(41)50-48(44)31-43(42)46-29-36-18-10-14-24-45(36)49(46,2)3/h6-31H,1,4-5H2,2-3H3/b19-6?,20-7+,39-37?,40-38+. The molecule has 1 heterocycles. The highest BCUT2D eigenvalue weighted by atomic mass is 16.3. The fourth-order valence-electron chi connectivity index (χ4n) is 8.08. The summed E-state index contributed by atoms with van der Waals surface area (Å²) in [6.45, 7) is 9.61. The molecule has 6 aromatic carbocycles. The van der Waals surface area contributed by atoms with Crippen molar-refractivity contribution in [2.75, 3.05) is 0 Å². The van der Waals surface area contributed by atoms with Crippen molar-refractivity contribution in [3.05, 3.63) is 197 Å². The van der Waals surface area contributed by atoms with Gasteiger partial charge in [0.05, 0.1) is 0 Å². The largest absolute Gasteiger partial charge is 0.456 e. The molecule has 0 unspecified atom stereocenters. The lowest BCUT2D eigenvalue weighted by atomic mass is 9.76. The van der Waals surface area contributed by atoms with E-state index >= 15 is 0 Å². The Bertz CT molecular complexity index is 2740. The summed E-state index contributed by atoms with van der Waals surface area (Å²) >= 11 is 0. The number of furan rings is 1. The molecule has 0 bridgehead atoms. The Kier molecular flexibility index (Phi) is 7.18. The predicted molar refractivity (Wildman–Crippen MR) is 213 cm³/mol. The molecule has 0 aliphatic heterocycles. The third kappa shape index (κ3) is 4.92. The summed E-state index contributed by atoms with van der Waals surface area (Å²) in [5.74, 6) is 0. The monoisotopic (exact) mass is 642 g/mol. The summed E-state index contributed by atoms with van der Waals surface area (Å²) in [6.07, 6.45) is 13.5. The van der Waals surface area contributed by atoms with Crippen LogP contribution in [-0.2, 0) is 5.41 Å². The van der Waals surface area contributed by atoms with Crippen LogP contribution < -0.4 is 10.4 Å². The van der Waals surface area contributed by atoms with Gasteiger partial charge in [0.1, 0.15) is 11.2 Å². The van der Waals surface area contributed by atoms with Crippen LogP contribution >= 0.6 is 0 Å². The van der Waals surface area contributed by atoms with Crippen LogP contribution in [0.4, 0.5) is 0 Å². The minimum absolute atomic E-state index is 0.193. The zero-order chi connectivity index (χ0) is 33.8. The number of benzene rings is 6. The highest BCUT2D eigenvalue weighted by Gasteiger charge is 2.35.